The Bertz CT molecular complexity index is 1140. The topological polar surface area (TPSA) is 110 Å². The van der Waals surface area contributed by atoms with Crippen LogP contribution in [0, 0.1) is 10.1 Å². The van der Waals surface area contributed by atoms with E-state index >= 15 is 0 Å². The summed E-state index contributed by atoms with van der Waals surface area (Å²) >= 11 is 0. The summed E-state index contributed by atoms with van der Waals surface area (Å²) in [5.74, 6) is -0.288. The van der Waals surface area contributed by atoms with Gasteiger partial charge in [0.2, 0.25) is 10.0 Å². The van der Waals surface area contributed by atoms with Crippen LogP contribution in [-0.4, -0.2) is 56.4 Å². The van der Waals surface area contributed by atoms with Crippen molar-refractivity contribution in [1.82, 2.24) is 4.31 Å². The van der Waals surface area contributed by atoms with E-state index in [0.29, 0.717) is 50.5 Å². The number of carbonyl (C=O) groups is 1. The quantitative estimate of drug-likeness (QED) is 0.398. The lowest BCUT2D eigenvalue weighted by atomic mass is 10.1. The molecular weight excluding hydrogens is 422 g/mol. The minimum atomic E-state index is -3.57. The van der Waals surface area contributed by atoms with Gasteiger partial charge in [-0.25, -0.2) is 8.42 Å². The van der Waals surface area contributed by atoms with Gasteiger partial charge in [-0.15, -0.1) is 0 Å². The summed E-state index contributed by atoms with van der Waals surface area (Å²) in [5, 5.41) is 11.0. The monoisotopic (exact) mass is 443 g/mol. The summed E-state index contributed by atoms with van der Waals surface area (Å²) in [5.41, 5.74) is 2.06. The highest BCUT2D eigenvalue weighted by Crippen LogP contribution is 2.32. The van der Waals surface area contributed by atoms with Crippen LogP contribution in [0.3, 0.4) is 0 Å². The van der Waals surface area contributed by atoms with Crippen LogP contribution in [0.4, 0.5) is 11.4 Å². The summed E-state index contributed by atoms with van der Waals surface area (Å²) in [6.45, 7) is 1.87. The Morgan fingerprint density at radius 1 is 1.06 bits per heavy atom. The molecule has 2 heterocycles. The lowest BCUT2D eigenvalue weighted by Crippen LogP contribution is -2.40. The number of anilines is 1. The molecule has 2 aliphatic rings. The van der Waals surface area contributed by atoms with E-state index in [-0.39, 0.29) is 16.5 Å². The third-order valence-corrected chi connectivity index (χ3v) is 7.26. The standard InChI is InChI=1S/C21H21N3O6S/c25-21(23-10-9-17-4-5-18(24(26)27)15-20(17)23)8-3-16-1-6-19(7-2-16)31(28,29)22-11-13-30-14-12-22/h1-8,15H,9-14H2/b8-3+. The highest BCUT2D eigenvalue weighted by molar-refractivity contribution is 7.89. The third-order valence-electron chi connectivity index (χ3n) is 5.35. The van der Waals surface area contributed by atoms with E-state index in [2.05, 4.69) is 0 Å². The molecule has 2 aliphatic heterocycles. The average molecular weight is 443 g/mol. The molecular formula is C21H21N3O6S. The van der Waals surface area contributed by atoms with Gasteiger partial charge in [-0.3, -0.25) is 14.9 Å². The fourth-order valence-corrected chi connectivity index (χ4v) is 5.06. The smallest absolute Gasteiger partial charge is 0.271 e. The molecule has 31 heavy (non-hydrogen) atoms. The second kappa shape index (κ2) is 8.58. The summed E-state index contributed by atoms with van der Waals surface area (Å²) < 4.78 is 31.9. The van der Waals surface area contributed by atoms with Crippen molar-refractivity contribution in [2.45, 2.75) is 11.3 Å². The van der Waals surface area contributed by atoms with Crippen LogP contribution < -0.4 is 4.90 Å². The Kier molecular flexibility index (Phi) is 5.86. The predicted octanol–water partition coefficient (Wildman–Crippen LogP) is 2.22. The average Bonchev–Trinajstić information content (AvgIpc) is 3.21. The van der Waals surface area contributed by atoms with Crippen molar-refractivity contribution in [3.8, 4) is 0 Å². The summed E-state index contributed by atoms with van der Waals surface area (Å²) in [6.07, 6.45) is 3.63. The van der Waals surface area contributed by atoms with Crippen molar-refractivity contribution < 1.29 is 22.9 Å². The molecule has 2 aromatic carbocycles. The normalized spacial score (nSPS) is 17.1. The van der Waals surface area contributed by atoms with Gasteiger partial charge >= 0.3 is 0 Å². The first-order valence-corrected chi connectivity index (χ1v) is 11.2. The first-order valence-electron chi connectivity index (χ1n) is 9.81. The molecule has 9 nitrogen and oxygen atoms in total. The SMILES string of the molecule is O=C(/C=C/c1ccc(S(=O)(=O)N2CCOCC2)cc1)N1CCc2ccc([N+](=O)[O-])cc21. The zero-order chi connectivity index (χ0) is 22.0. The lowest BCUT2D eigenvalue weighted by Gasteiger charge is -2.26. The van der Waals surface area contributed by atoms with Gasteiger partial charge in [-0.05, 0) is 35.8 Å². The molecule has 162 valence electrons. The highest BCUT2D eigenvalue weighted by atomic mass is 32.2. The number of nitro groups is 1. The zero-order valence-electron chi connectivity index (χ0n) is 16.6. The molecule has 2 aromatic rings. The van der Waals surface area contributed by atoms with Crippen molar-refractivity contribution in [3.63, 3.8) is 0 Å². The van der Waals surface area contributed by atoms with Crippen molar-refractivity contribution in [1.29, 1.82) is 0 Å². The maximum atomic E-state index is 12.7. The molecule has 0 N–H and O–H groups in total. The lowest BCUT2D eigenvalue weighted by molar-refractivity contribution is -0.384. The number of sulfonamides is 1. The number of non-ortho nitro benzene ring substituents is 1. The molecule has 4 rings (SSSR count). The number of ether oxygens (including phenoxy) is 1. The largest absolute Gasteiger partial charge is 0.379 e. The molecule has 0 unspecified atom stereocenters. The zero-order valence-corrected chi connectivity index (χ0v) is 17.5. The molecule has 0 aromatic heterocycles. The second-order valence-corrected chi connectivity index (χ2v) is 9.17. The number of carbonyl (C=O) groups excluding carboxylic acids is 1. The van der Waals surface area contributed by atoms with Crippen LogP contribution in [0.25, 0.3) is 6.08 Å². The van der Waals surface area contributed by atoms with Gasteiger partial charge in [0.15, 0.2) is 0 Å². The minimum Gasteiger partial charge on any atom is -0.379 e. The van der Waals surface area contributed by atoms with Crippen LogP contribution in [-0.2, 0) is 26.0 Å². The maximum Gasteiger partial charge on any atom is 0.271 e. The van der Waals surface area contributed by atoms with Crippen LogP contribution in [0.2, 0.25) is 0 Å². The van der Waals surface area contributed by atoms with E-state index in [0.717, 1.165) is 5.56 Å². The third kappa shape index (κ3) is 4.36. The molecule has 10 heteroatoms. The number of amides is 1. The Morgan fingerprint density at radius 3 is 2.45 bits per heavy atom. The molecule has 0 saturated carbocycles. The number of nitro benzene ring substituents is 1. The highest BCUT2D eigenvalue weighted by Gasteiger charge is 2.27. The first-order chi connectivity index (χ1) is 14.9. The summed E-state index contributed by atoms with van der Waals surface area (Å²) in [6, 6.07) is 10.8. The van der Waals surface area contributed by atoms with Gasteiger partial charge in [0.05, 0.1) is 28.7 Å². The Hall–Kier alpha value is -3.08. The Balaban J connectivity index is 1.47. The van der Waals surface area contributed by atoms with Crippen molar-refractivity contribution >= 4 is 33.4 Å². The van der Waals surface area contributed by atoms with Gasteiger partial charge in [-0.2, -0.15) is 4.31 Å². The molecule has 0 aliphatic carbocycles. The predicted molar refractivity (Wildman–Crippen MR) is 114 cm³/mol. The number of morpholine rings is 1. The Morgan fingerprint density at radius 2 is 1.77 bits per heavy atom. The molecule has 0 bridgehead atoms. The molecule has 1 fully saturated rings. The molecule has 0 atom stereocenters. The van der Waals surface area contributed by atoms with Gasteiger partial charge < -0.3 is 9.64 Å². The molecule has 1 amide bonds. The number of nitrogens with zero attached hydrogens (tertiary/aromatic N) is 3. The summed E-state index contributed by atoms with van der Waals surface area (Å²) in [4.78, 5) is 24.9. The van der Waals surface area contributed by atoms with Crippen LogP contribution in [0.1, 0.15) is 11.1 Å². The van der Waals surface area contributed by atoms with Crippen LogP contribution >= 0.6 is 0 Å². The number of benzene rings is 2. The van der Waals surface area contributed by atoms with E-state index in [1.807, 2.05) is 0 Å². The summed E-state index contributed by atoms with van der Waals surface area (Å²) in [7, 11) is -3.57. The van der Waals surface area contributed by atoms with E-state index < -0.39 is 14.9 Å². The van der Waals surface area contributed by atoms with Crippen LogP contribution in [0.5, 0.6) is 0 Å². The number of rotatable bonds is 5. The van der Waals surface area contributed by atoms with Crippen molar-refractivity contribution in [2.24, 2.45) is 0 Å². The van der Waals surface area contributed by atoms with Crippen LogP contribution in [0.15, 0.2) is 53.4 Å². The fourth-order valence-electron chi connectivity index (χ4n) is 3.65. The molecule has 0 spiro atoms. The first kappa shape index (κ1) is 21.2. The Labute approximate surface area is 179 Å². The van der Waals surface area contributed by atoms with Gasteiger partial charge in [-0.1, -0.05) is 18.2 Å². The molecule has 1 saturated heterocycles. The second-order valence-electron chi connectivity index (χ2n) is 7.23. The van der Waals surface area contributed by atoms with Crippen molar-refractivity contribution in [2.75, 3.05) is 37.7 Å². The molecule has 0 radical (unpaired) electrons. The van der Waals surface area contributed by atoms with E-state index in [4.69, 9.17) is 4.74 Å². The maximum absolute atomic E-state index is 12.7. The number of hydrogen-bond acceptors (Lipinski definition) is 6. The van der Waals surface area contributed by atoms with E-state index in [1.54, 1.807) is 24.3 Å². The van der Waals surface area contributed by atoms with E-state index in [1.165, 1.54) is 39.5 Å². The number of hydrogen-bond donors (Lipinski definition) is 0. The number of fused-ring (bicyclic) bond motifs is 1. The van der Waals surface area contributed by atoms with Crippen molar-refractivity contribution in [3.05, 3.63) is 69.8 Å². The minimum absolute atomic E-state index is 0.0560. The fraction of sp³-hybridized carbons (Fsp3) is 0.286. The van der Waals surface area contributed by atoms with E-state index in [9.17, 15) is 23.3 Å². The van der Waals surface area contributed by atoms with Gasteiger partial charge in [0.25, 0.3) is 11.6 Å². The van der Waals surface area contributed by atoms with Gasteiger partial charge in [0, 0.05) is 37.8 Å². The van der Waals surface area contributed by atoms with Gasteiger partial charge in [0.1, 0.15) is 0 Å².